The molecule has 0 aliphatic carbocycles. The Bertz CT molecular complexity index is 591. The summed E-state index contributed by atoms with van der Waals surface area (Å²) in [6.45, 7) is 4.54. The van der Waals surface area contributed by atoms with Gasteiger partial charge in [-0.3, -0.25) is 0 Å². The lowest BCUT2D eigenvalue weighted by Crippen LogP contribution is -2.37. The van der Waals surface area contributed by atoms with Crippen LogP contribution in [-0.4, -0.2) is 39.6 Å². The van der Waals surface area contributed by atoms with E-state index in [1.165, 1.54) is 0 Å². The average Bonchev–Trinajstić information content (AvgIpc) is 2.88. The van der Waals surface area contributed by atoms with Crippen LogP contribution in [0.4, 0.5) is 5.82 Å². The smallest absolute Gasteiger partial charge is 0.132 e. The molecular weight excluding hydrogens is 250 g/mol. The van der Waals surface area contributed by atoms with Gasteiger partial charge in [-0.05, 0) is 38.1 Å². The standard InChI is InChI=1S/C15H21N5/c1-11-9-19(2)7-5-13(11)20-10-17-8-14(20)12-4-3-6-18-15(12)16/h3-4,6,8,10-11,13H,5,7,9H2,1-2H3,(H2,16,18). The largest absolute Gasteiger partial charge is 0.383 e. The maximum absolute atomic E-state index is 6.01. The number of aromatic nitrogens is 3. The van der Waals surface area contributed by atoms with Crippen LogP contribution in [0.5, 0.6) is 0 Å². The number of nitrogen functional groups attached to an aromatic ring is 1. The van der Waals surface area contributed by atoms with Gasteiger partial charge < -0.3 is 15.2 Å². The van der Waals surface area contributed by atoms with Crippen LogP contribution in [-0.2, 0) is 0 Å². The Morgan fingerprint density at radius 1 is 1.40 bits per heavy atom. The van der Waals surface area contributed by atoms with E-state index in [4.69, 9.17) is 5.73 Å². The van der Waals surface area contributed by atoms with Crippen molar-refractivity contribution in [1.82, 2.24) is 19.4 Å². The van der Waals surface area contributed by atoms with Crippen LogP contribution in [0.25, 0.3) is 11.3 Å². The number of nitrogens with two attached hydrogens (primary N) is 1. The van der Waals surface area contributed by atoms with Crippen molar-refractivity contribution in [3.05, 3.63) is 30.9 Å². The Balaban J connectivity index is 1.97. The van der Waals surface area contributed by atoms with Gasteiger partial charge in [0.15, 0.2) is 0 Å². The van der Waals surface area contributed by atoms with Crippen LogP contribution in [0, 0.1) is 5.92 Å². The lowest BCUT2D eigenvalue weighted by atomic mass is 9.93. The molecule has 2 aromatic rings. The Labute approximate surface area is 119 Å². The van der Waals surface area contributed by atoms with E-state index in [1.54, 1.807) is 6.20 Å². The molecule has 2 unspecified atom stereocenters. The fourth-order valence-corrected chi connectivity index (χ4v) is 3.17. The summed E-state index contributed by atoms with van der Waals surface area (Å²) in [6.07, 6.45) is 6.67. The van der Waals surface area contributed by atoms with Crippen LogP contribution in [0.1, 0.15) is 19.4 Å². The second-order valence-corrected chi connectivity index (χ2v) is 5.72. The number of hydrogen-bond donors (Lipinski definition) is 1. The quantitative estimate of drug-likeness (QED) is 0.908. The van der Waals surface area contributed by atoms with Gasteiger partial charge in [0.2, 0.25) is 0 Å². The summed E-state index contributed by atoms with van der Waals surface area (Å²) >= 11 is 0. The van der Waals surface area contributed by atoms with Crippen LogP contribution in [0.3, 0.4) is 0 Å². The molecule has 5 heteroatoms. The van der Waals surface area contributed by atoms with Gasteiger partial charge in [-0.15, -0.1) is 0 Å². The summed E-state index contributed by atoms with van der Waals surface area (Å²) in [4.78, 5) is 10.9. The molecule has 0 radical (unpaired) electrons. The molecule has 0 saturated carbocycles. The predicted molar refractivity (Wildman–Crippen MR) is 80.2 cm³/mol. The van der Waals surface area contributed by atoms with E-state index in [9.17, 15) is 0 Å². The average molecular weight is 271 g/mol. The number of likely N-dealkylation sites (tertiary alicyclic amines) is 1. The third kappa shape index (κ3) is 2.29. The molecule has 3 heterocycles. The van der Waals surface area contributed by atoms with Crippen molar-refractivity contribution in [3.63, 3.8) is 0 Å². The van der Waals surface area contributed by atoms with E-state index in [2.05, 4.69) is 33.4 Å². The molecule has 5 nitrogen and oxygen atoms in total. The van der Waals surface area contributed by atoms with E-state index in [0.717, 1.165) is 30.8 Å². The number of nitrogens with zero attached hydrogens (tertiary/aromatic N) is 4. The van der Waals surface area contributed by atoms with Crippen molar-refractivity contribution >= 4 is 5.82 Å². The third-order valence-electron chi connectivity index (χ3n) is 4.20. The lowest BCUT2D eigenvalue weighted by Gasteiger charge is -2.36. The van der Waals surface area contributed by atoms with E-state index < -0.39 is 0 Å². The highest BCUT2D eigenvalue weighted by molar-refractivity contribution is 5.70. The summed E-state index contributed by atoms with van der Waals surface area (Å²) in [5, 5.41) is 0. The molecule has 2 N–H and O–H groups in total. The number of hydrogen-bond acceptors (Lipinski definition) is 4. The van der Waals surface area contributed by atoms with Gasteiger partial charge in [-0.2, -0.15) is 0 Å². The molecular formula is C15H21N5. The van der Waals surface area contributed by atoms with Crippen molar-refractivity contribution in [3.8, 4) is 11.3 Å². The Morgan fingerprint density at radius 3 is 3.00 bits per heavy atom. The molecule has 0 bridgehead atoms. The lowest BCUT2D eigenvalue weighted by molar-refractivity contribution is 0.160. The number of piperidine rings is 1. The Hall–Kier alpha value is -1.88. The van der Waals surface area contributed by atoms with Crippen LogP contribution in [0.15, 0.2) is 30.9 Å². The summed E-state index contributed by atoms with van der Waals surface area (Å²) in [5.41, 5.74) is 8.04. The first-order valence-electron chi connectivity index (χ1n) is 7.08. The van der Waals surface area contributed by atoms with Gasteiger partial charge in [0.05, 0.1) is 18.2 Å². The van der Waals surface area contributed by atoms with E-state index in [1.807, 2.05) is 24.7 Å². The highest BCUT2D eigenvalue weighted by atomic mass is 15.2. The maximum atomic E-state index is 6.01. The molecule has 0 aromatic carbocycles. The number of rotatable bonds is 2. The van der Waals surface area contributed by atoms with Crippen molar-refractivity contribution in [2.45, 2.75) is 19.4 Å². The van der Waals surface area contributed by atoms with Crippen molar-refractivity contribution in [1.29, 1.82) is 0 Å². The first-order chi connectivity index (χ1) is 9.66. The molecule has 1 saturated heterocycles. The summed E-state index contributed by atoms with van der Waals surface area (Å²) in [5.74, 6) is 1.16. The number of anilines is 1. The van der Waals surface area contributed by atoms with Gasteiger partial charge in [0.1, 0.15) is 5.82 Å². The summed E-state index contributed by atoms with van der Waals surface area (Å²) < 4.78 is 2.27. The van der Waals surface area contributed by atoms with Crippen LogP contribution < -0.4 is 5.73 Å². The highest BCUT2D eigenvalue weighted by Gasteiger charge is 2.27. The zero-order valence-corrected chi connectivity index (χ0v) is 12.0. The van der Waals surface area contributed by atoms with Gasteiger partial charge in [-0.25, -0.2) is 9.97 Å². The number of pyridine rings is 1. The molecule has 2 atom stereocenters. The topological polar surface area (TPSA) is 60.0 Å². The fourth-order valence-electron chi connectivity index (χ4n) is 3.17. The normalized spacial score (nSPS) is 23.9. The highest BCUT2D eigenvalue weighted by Crippen LogP contribution is 2.33. The molecule has 0 amide bonds. The van der Waals surface area contributed by atoms with Crippen molar-refractivity contribution in [2.75, 3.05) is 25.9 Å². The molecule has 20 heavy (non-hydrogen) atoms. The molecule has 1 fully saturated rings. The van der Waals surface area contributed by atoms with E-state index in [0.29, 0.717) is 17.8 Å². The van der Waals surface area contributed by atoms with Crippen molar-refractivity contribution < 1.29 is 0 Å². The second-order valence-electron chi connectivity index (χ2n) is 5.72. The van der Waals surface area contributed by atoms with Gasteiger partial charge >= 0.3 is 0 Å². The second kappa shape index (κ2) is 5.25. The van der Waals surface area contributed by atoms with E-state index >= 15 is 0 Å². The minimum atomic E-state index is 0.475. The van der Waals surface area contributed by atoms with Crippen LogP contribution in [0.2, 0.25) is 0 Å². The zero-order chi connectivity index (χ0) is 14.1. The molecule has 1 aliphatic rings. The van der Waals surface area contributed by atoms with Gasteiger partial charge in [0.25, 0.3) is 0 Å². The van der Waals surface area contributed by atoms with Crippen molar-refractivity contribution in [2.24, 2.45) is 5.92 Å². The predicted octanol–water partition coefficient (Wildman–Crippen LogP) is 2.04. The molecule has 1 aliphatic heterocycles. The van der Waals surface area contributed by atoms with Gasteiger partial charge in [0, 0.05) is 24.3 Å². The van der Waals surface area contributed by atoms with Crippen LogP contribution >= 0.6 is 0 Å². The van der Waals surface area contributed by atoms with Gasteiger partial charge in [-0.1, -0.05) is 6.92 Å². The monoisotopic (exact) mass is 271 g/mol. The minimum absolute atomic E-state index is 0.475. The first-order valence-corrected chi connectivity index (χ1v) is 7.08. The molecule has 0 spiro atoms. The first kappa shape index (κ1) is 13.1. The Kier molecular flexibility index (Phi) is 3.44. The Morgan fingerprint density at radius 2 is 2.25 bits per heavy atom. The SMILES string of the molecule is CC1CN(C)CCC1n1cncc1-c1cccnc1N. The summed E-state index contributed by atoms with van der Waals surface area (Å²) in [6, 6.07) is 4.40. The minimum Gasteiger partial charge on any atom is -0.383 e. The zero-order valence-electron chi connectivity index (χ0n) is 12.0. The molecule has 2 aromatic heterocycles. The third-order valence-corrected chi connectivity index (χ3v) is 4.20. The summed E-state index contributed by atoms with van der Waals surface area (Å²) in [7, 11) is 2.18. The van der Waals surface area contributed by atoms with E-state index in [-0.39, 0.29) is 0 Å². The fraction of sp³-hybridized carbons (Fsp3) is 0.467. The molecule has 3 rings (SSSR count). The number of imidazole rings is 1. The molecule has 106 valence electrons. The maximum Gasteiger partial charge on any atom is 0.132 e.